The van der Waals surface area contributed by atoms with Gasteiger partial charge in [0.1, 0.15) is 11.2 Å². The van der Waals surface area contributed by atoms with E-state index in [1.807, 2.05) is 0 Å². The van der Waals surface area contributed by atoms with Crippen LogP contribution in [0.3, 0.4) is 0 Å². The van der Waals surface area contributed by atoms with E-state index in [9.17, 15) is 19.5 Å². The van der Waals surface area contributed by atoms with E-state index >= 15 is 0 Å². The van der Waals surface area contributed by atoms with Gasteiger partial charge in [0.05, 0.1) is 6.10 Å². The molecule has 23 heavy (non-hydrogen) atoms. The first-order chi connectivity index (χ1) is 10.8. The molecule has 0 atom stereocenters. The van der Waals surface area contributed by atoms with E-state index in [-0.39, 0.29) is 24.1 Å². The zero-order valence-electron chi connectivity index (χ0n) is 12.6. The molecule has 0 unspecified atom stereocenters. The Morgan fingerprint density at radius 2 is 1.91 bits per heavy atom. The number of pyridine rings is 1. The minimum atomic E-state index is -1.26. The van der Waals surface area contributed by atoms with Crippen LogP contribution in [0.2, 0.25) is 0 Å². The second-order valence-corrected chi connectivity index (χ2v) is 5.96. The molecule has 7 nitrogen and oxygen atoms in total. The van der Waals surface area contributed by atoms with Gasteiger partial charge in [-0.25, -0.2) is 0 Å². The van der Waals surface area contributed by atoms with Gasteiger partial charge in [-0.3, -0.25) is 14.4 Å². The fourth-order valence-corrected chi connectivity index (χ4v) is 3.03. The maximum absolute atomic E-state index is 12.5. The van der Waals surface area contributed by atoms with Crippen LogP contribution in [-0.2, 0) is 4.79 Å². The van der Waals surface area contributed by atoms with Gasteiger partial charge in [0.25, 0.3) is 11.5 Å². The summed E-state index contributed by atoms with van der Waals surface area (Å²) in [6.45, 7) is 1.72. The Morgan fingerprint density at radius 1 is 1.30 bits per heavy atom. The van der Waals surface area contributed by atoms with Crippen molar-refractivity contribution in [1.29, 1.82) is 0 Å². The average molecular weight is 315 g/mol. The summed E-state index contributed by atoms with van der Waals surface area (Å²) >= 11 is 0. The molecule has 0 spiro atoms. The van der Waals surface area contributed by atoms with Crippen LogP contribution in [-0.4, -0.2) is 33.5 Å². The number of hydrogen-bond donors (Lipinski definition) is 4. The summed E-state index contributed by atoms with van der Waals surface area (Å²) in [5.74, 6) is -1.28. The Bertz CT molecular complexity index is 865. The van der Waals surface area contributed by atoms with E-state index in [0.29, 0.717) is 16.3 Å². The van der Waals surface area contributed by atoms with Gasteiger partial charge in [0.2, 0.25) is 5.91 Å². The minimum absolute atomic E-state index is 0.0743. The van der Waals surface area contributed by atoms with Gasteiger partial charge < -0.3 is 21.1 Å². The zero-order chi connectivity index (χ0) is 16.8. The van der Waals surface area contributed by atoms with Crippen molar-refractivity contribution >= 4 is 22.6 Å². The summed E-state index contributed by atoms with van der Waals surface area (Å²) < 4.78 is 0. The van der Waals surface area contributed by atoms with Crippen molar-refractivity contribution in [2.75, 3.05) is 0 Å². The third-order valence-electron chi connectivity index (χ3n) is 4.41. The molecule has 5 N–H and O–H groups in total. The van der Waals surface area contributed by atoms with Crippen LogP contribution in [0.5, 0.6) is 0 Å². The second kappa shape index (κ2) is 5.20. The lowest BCUT2D eigenvalue weighted by atomic mass is 9.73. The van der Waals surface area contributed by atoms with Gasteiger partial charge in [-0.05, 0) is 23.9 Å². The van der Waals surface area contributed by atoms with Crippen molar-refractivity contribution in [1.82, 2.24) is 10.3 Å². The Morgan fingerprint density at radius 3 is 2.48 bits per heavy atom. The highest BCUT2D eigenvalue weighted by atomic mass is 16.3. The predicted octanol–water partition coefficient (Wildman–Crippen LogP) is -0.0549. The maximum Gasteiger partial charge on any atom is 0.268 e. The Kier molecular flexibility index (Phi) is 3.45. The van der Waals surface area contributed by atoms with Crippen LogP contribution in [0.1, 0.15) is 28.9 Å². The number of primary amides is 1. The van der Waals surface area contributed by atoms with E-state index in [0.717, 1.165) is 0 Å². The smallest absolute Gasteiger partial charge is 0.268 e. The number of nitrogens with one attached hydrogen (secondary N) is 2. The number of H-pyrrole nitrogens is 1. The molecule has 1 aromatic carbocycles. The fraction of sp³-hybridized carbons (Fsp3) is 0.312. The number of aliphatic hydroxyl groups excluding tert-OH is 1. The monoisotopic (exact) mass is 315 g/mol. The molecule has 2 aromatic rings. The number of carbonyl (C=O) groups excluding carboxylic acids is 2. The molecule has 1 aromatic heterocycles. The summed E-state index contributed by atoms with van der Waals surface area (Å²) in [7, 11) is 0. The van der Waals surface area contributed by atoms with E-state index in [1.165, 1.54) is 0 Å². The lowest BCUT2D eigenvalue weighted by Crippen LogP contribution is -2.66. The lowest BCUT2D eigenvalue weighted by Gasteiger charge is -2.43. The van der Waals surface area contributed by atoms with Gasteiger partial charge in [0, 0.05) is 18.2 Å². The van der Waals surface area contributed by atoms with Gasteiger partial charge in [0.15, 0.2) is 0 Å². The van der Waals surface area contributed by atoms with Crippen LogP contribution in [0, 0.1) is 6.92 Å². The number of aromatic amines is 1. The number of amides is 2. The standard InChI is InChI=1S/C16H17N3O4/c1-8-10-4-2-3-5-11(10)13(21)18-12(8)14(22)19-16(15(17)23)6-9(20)7-16/h2-5,9,20H,6-7H2,1H3,(H2,17,23)(H,18,21)(H,19,22). The summed E-state index contributed by atoms with van der Waals surface area (Å²) in [5, 5.41) is 13.2. The average Bonchev–Trinajstić information content (AvgIpc) is 2.48. The van der Waals surface area contributed by atoms with Crippen molar-refractivity contribution in [3.63, 3.8) is 0 Å². The zero-order valence-corrected chi connectivity index (χ0v) is 12.6. The SMILES string of the molecule is Cc1c(C(=O)NC2(C(N)=O)CC(O)C2)[nH]c(=O)c2ccccc12. The summed E-state index contributed by atoms with van der Waals surface area (Å²) in [6, 6.07) is 6.96. The van der Waals surface area contributed by atoms with Crippen LogP contribution in [0.4, 0.5) is 0 Å². The first-order valence-electron chi connectivity index (χ1n) is 7.26. The largest absolute Gasteiger partial charge is 0.393 e. The van der Waals surface area contributed by atoms with Gasteiger partial charge in [-0.1, -0.05) is 18.2 Å². The summed E-state index contributed by atoms with van der Waals surface area (Å²) in [4.78, 5) is 38.8. The van der Waals surface area contributed by atoms with Crippen molar-refractivity contribution in [3.05, 3.63) is 45.9 Å². The molecular formula is C16H17N3O4. The molecule has 2 amide bonds. The van der Waals surface area contributed by atoms with Crippen LogP contribution in [0.15, 0.2) is 29.1 Å². The number of rotatable bonds is 3. The topological polar surface area (TPSA) is 125 Å². The maximum atomic E-state index is 12.5. The molecule has 1 aliphatic rings. The van der Waals surface area contributed by atoms with E-state index in [2.05, 4.69) is 10.3 Å². The molecule has 3 rings (SSSR count). The van der Waals surface area contributed by atoms with Crippen LogP contribution in [0.25, 0.3) is 10.8 Å². The molecule has 7 heteroatoms. The number of carbonyl (C=O) groups is 2. The Labute approximate surface area is 131 Å². The minimum Gasteiger partial charge on any atom is -0.393 e. The van der Waals surface area contributed by atoms with E-state index in [1.54, 1.807) is 31.2 Å². The second-order valence-electron chi connectivity index (χ2n) is 5.96. The van der Waals surface area contributed by atoms with E-state index in [4.69, 9.17) is 5.73 Å². The van der Waals surface area contributed by atoms with Crippen molar-refractivity contribution in [2.45, 2.75) is 31.4 Å². The number of aryl methyl sites for hydroxylation is 1. The van der Waals surface area contributed by atoms with Crippen LogP contribution < -0.4 is 16.6 Å². The highest BCUT2D eigenvalue weighted by Gasteiger charge is 2.50. The highest BCUT2D eigenvalue weighted by molar-refractivity contribution is 6.02. The number of fused-ring (bicyclic) bond motifs is 1. The number of aliphatic hydroxyl groups is 1. The number of benzene rings is 1. The third kappa shape index (κ3) is 2.39. The van der Waals surface area contributed by atoms with Gasteiger partial charge in [-0.2, -0.15) is 0 Å². The van der Waals surface area contributed by atoms with Crippen molar-refractivity contribution in [3.8, 4) is 0 Å². The molecule has 0 radical (unpaired) electrons. The van der Waals surface area contributed by atoms with Crippen molar-refractivity contribution < 1.29 is 14.7 Å². The first-order valence-corrected chi connectivity index (χ1v) is 7.26. The molecule has 1 saturated carbocycles. The Hall–Kier alpha value is -2.67. The molecule has 1 fully saturated rings. The molecule has 0 bridgehead atoms. The first kappa shape index (κ1) is 15.2. The van der Waals surface area contributed by atoms with Gasteiger partial charge in [-0.15, -0.1) is 0 Å². The number of nitrogens with two attached hydrogens (primary N) is 1. The van der Waals surface area contributed by atoms with Gasteiger partial charge >= 0.3 is 0 Å². The lowest BCUT2D eigenvalue weighted by molar-refractivity contribution is -0.132. The number of hydrogen-bond acceptors (Lipinski definition) is 4. The van der Waals surface area contributed by atoms with E-state index < -0.39 is 23.5 Å². The molecule has 0 aliphatic heterocycles. The molecule has 120 valence electrons. The highest BCUT2D eigenvalue weighted by Crippen LogP contribution is 2.32. The quantitative estimate of drug-likeness (QED) is 0.633. The molecule has 1 heterocycles. The predicted molar refractivity (Wildman–Crippen MR) is 83.9 cm³/mol. The molecule has 1 aliphatic carbocycles. The Balaban J connectivity index is 2.00. The summed E-state index contributed by atoms with van der Waals surface area (Å²) in [6.07, 6.45) is -0.518. The fourth-order valence-electron chi connectivity index (χ4n) is 3.03. The van der Waals surface area contributed by atoms with Crippen molar-refractivity contribution in [2.24, 2.45) is 5.73 Å². The third-order valence-corrected chi connectivity index (χ3v) is 4.41. The van der Waals surface area contributed by atoms with Crippen LogP contribution >= 0.6 is 0 Å². The number of aromatic nitrogens is 1. The summed E-state index contributed by atoms with van der Waals surface area (Å²) in [5.41, 5.74) is 4.41. The molecule has 0 saturated heterocycles. The molecular weight excluding hydrogens is 298 g/mol. The normalized spacial score (nSPS) is 23.3.